The van der Waals surface area contributed by atoms with E-state index in [1.807, 2.05) is 0 Å². The van der Waals surface area contributed by atoms with Crippen molar-refractivity contribution in [3.63, 3.8) is 0 Å². The van der Waals surface area contributed by atoms with Gasteiger partial charge in [0.1, 0.15) is 12.0 Å². The van der Waals surface area contributed by atoms with E-state index < -0.39 is 14.9 Å². The molecule has 0 saturated heterocycles. The van der Waals surface area contributed by atoms with E-state index in [1.165, 1.54) is 23.2 Å². The Kier molecular flexibility index (Phi) is 4.95. The van der Waals surface area contributed by atoms with E-state index >= 15 is 0 Å². The summed E-state index contributed by atoms with van der Waals surface area (Å²) >= 11 is 0. The van der Waals surface area contributed by atoms with Gasteiger partial charge >= 0.3 is 0 Å². The normalized spacial score (nSPS) is 11.5. The average Bonchev–Trinajstić information content (AvgIpc) is 2.93. The highest BCUT2D eigenvalue weighted by atomic mass is 32.2. The van der Waals surface area contributed by atoms with Crippen molar-refractivity contribution < 1.29 is 22.9 Å². The van der Waals surface area contributed by atoms with Crippen LogP contribution in [0.1, 0.15) is 16.8 Å². The maximum Gasteiger partial charge on any atom is 0.269 e. The predicted molar refractivity (Wildman–Crippen MR) is 103 cm³/mol. The Balaban J connectivity index is 2.31. The highest BCUT2D eigenvalue weighted by Crippen LogP contribution is 2.36. The molecule has 9 heteroatoms. The van der Waals surface area contributed by atoms with Gasteiger partial charge in [0.2, 0.25) is 0 Å². The maximum atomic E-state index is 13.3. The van der Waals surface area contributed by atoms with Gasteiger partial charge in [-0.3, -0.25) is 10.1 Å². The lowest BCUT2D eigenvalue weighted by Crippen LogP contribution is -2.14. The summed E-state index contributed by atoms with van der Waals surface area (Å²) in [5.74, 6) is 0.507. The molecule has 0 aliphatic heterocycles. The summed E-state index contributed by atoms with van der Waals surface area (Å²) in [5, 5.41) is 11.5. The average molecular weight is 402 g/mol. The minimum Gasteiger partial charge on any atom is -0.496 e. The van der Waals surface area contributed by atoms with E-state index in [-0.39, 0.29) is 17.0 Å². The summed E-state index contributed by atoms with van der Waals surface area (Å²) in [6, 6.07) is 7.99. The van der Waals surface area contributed by atoms with E-state index in [2.05, 4.69) is 0 Å². The van der Waals surface area contributed by atoms with Crippen molar-refractivity contribution in [1.82, 2.24) is 3.97 Å². The van der Waals surface area contributed by atoms with Crippen LogP contribution in [0.25, 0.3) is 10.9 Å². The number of methoxy groups -OCH3 is 1. The molecule has 0 fully saturated rings. The Morgan fingerprint density at radius 3 is 2.32 bits per heavy atom. The van der Waals surface area contributed by atoms with Gasteiger partial charge in [0.05, 0.1) is 22.4 Å². The highest BCUT2D eigenvalue weighted by molar-refractivity contribution is 7.90. The second-order valence-electron chi connectivity index (χ2n) is 6.24. The Bertz CT molecular complexity index is 1190. The smallest absolute Gasteiger partial charge is 0.269 e. The molecule has 0 amide bonds. The molecule has 0 spiro atoms. The number of rotatable bonds is 6. The first-order valence-corrected chi connectivity index (χ1v) is 9.79. The van der Waals surface area contributed by atoms with Gasteiger partial charge in [-0.1, -0.05) is 0 Å². The molecule has 3 rings (SSSR count). The number of benzene rings is 2. The van der Waals surface area contributed by atoms with Gasteiger partial charge in [0.25, 0.3) is 15.7 Å². The van der Waals surface area contributed by atoms with Crippen molar-refractivity contribution in [1.29, 1.82) is 0 Å². The Morgan fingerprint density at radius 2 is 1.79 bits per heavy atom. The third-order valence-corrected chi connectivity index (χ3v) is 6.60. The molecule has 0 aliphatic carbocycles. The first kappa shape index (κ1) is 19.6. The number of hydrogen-bond donors (Lipinski definition) is 0. The molecule has 8 nitrogen and oxygen atoms in total. The minimum atomic E-state index is -4.00. The van der Waals surface area contributed by atoms with E-state index in [4.69, 9.17) is 4.74 Å². The second kappa shape index (κ2) is 7.08. The fraction of sp³-hybridized carbons (Fsp3) is 0.211. The molecule has 3 aromatic rings. The van der Waals surface area contributed by atoms with Crippen LogP contribution in [0, 0.1) is 24.0 Å². The van der Waals surface area contributed by atoms with Crippen molar-refractivity contribution in [2.45, 2.75) is 25.2 Å². The number of carbonyl (C=O) groups excluding carboxylic acids is 1. The van der Waals surface area contributed by atoms with Crippen LogP contribution in [-0.2, 0) is 21.2 Å². The van der Waals surface area contributed by atoms with Crippen LogP contribution >= 0.6 is 0 Å². The SMILES string of the molecule is COc1ccc2c(c(C)c(C)n2S(=O)(=O)c2ccc([N+](=O)[O-])cc2)c1CC=O. The Hall–Kier alpha value is -3.20. The second-order valence-corrected chi connectivity index (χ2v) is 8.03. The van der Waals surface area contributed by atoms with Crippen molar-refractivity contribution in [3.05, 3.63) is 63.3 Å². The van der Waals surface area contributed by atoms with Gasteiger partial charge in [-0.05, 0) is 43.7 Å². The molecule has 0 radical (unpaired) electrons. The number of non-ortho nitro benzene ring substituents is 1. The van der Waals surface area contributed by atoms with Crippen molar-refractivity contribution in [2.24, 2.45) is 0 Å². The number of ether oxygens (including phenoxy) is 1. The lowest BCUT2D eigenvalue weighted by atomic mass is 10.0. The van der Waals surface area contributed by atoms with Gasteiger partial charge < -0.3 is 9.53 Å². The summed E-state index contributed by atoms with van der Waals surface area (Å²) in [6.07, 6.45) is 0.830. The minimum absolute atomic E-state index is 0.0640. The van der Waals surface area contributed by atoms with Crippen LogP contribution in [0.3, 0.4) is 0 Å². The maximum absolute atomic E-state index is 13.3. The van der Waals surface area contributed by atoms with E-state index in [0.717, 1.165) is 24.0 Å². The molecule has 146 valence electrons. The Morgan fingerprint density at radius 1 is 1.14 bits per heavy atom. The van der Waals surface area contributed by atoms with Crippen molar-refractivity contribution >= 4 is 32.9 Å². The third kappa shape index (κ3) is 2.93. The molecule has 0 N–H and O–H groups in total. The van der Waals surface area contributed by atoms with Crippen molar-refractivity contribution in [3.8, 4) is 5.75 Å². The molecule has 0 unspecified atom stereocenters. The van der Waals surface area contributed by atoms with Crippen LogP contribution in [0.4, 0.5) is 5.69 Å². The first-order chi connectivity index (χ1) is 13.2. The molecule has 0 atom stereocenters. The number of carbonyl (C=O) groups is 1. The Labute approximate surface area is 161 Å². The zero-order chi connectivity index (χ0) is 20.6. The molecule has 28 heavy (non-hydrogen) atoms. The fourth-order valence-corrected chi connectivity index (χ4v) is 4.95. The number of aromatic nitrogens is 1. The van der Waals surface area contributed by atoms with Gasteiger partial charge in [-0.15, -0.1) is 0 Å². The number of nitro benzene ring substituents is 1. The number of aldehydes is 1. The van der Waals surface area contributed by atoms with Crippen LogP contribution in [0.15, 0.2) is 41.3 Å². The lowest BCUT2D eigenvalue weighted by Gasteiger charge is -2.12. The van der Waals surface area contributed by atoms with Crippen LogP contribution < -0.4 is 4.74 Å². The molecule has 0 saturated carbocycles. The van der Waals surface area contributed by atoms with Crippen molar-refractivity contribution in [2.75, 3.05) is 7.11 Å². The van der Waals surface area contributed by atoms with E-state index in [0.29, 0.717) is 27.9 Å². The number of fused-ring (bicyclic) bond motifs is 1. The van der Waals surface area contributed by atoms with Gasteiger partial charge in [0, 0.05) is 35.2 Å². The first-order valence-electron chi connectivity index (χ1n) is 8.35. The van der Waals surface area contributed by atoms with Crippen LogP contribution in [-0.4, -0.2) is 30.7 Å². The molecule has 1 heterocycles. The quantitative estimate of drug-likeness (QED) is 0.356. The summed E-state index contributed by atoms with van der Waals surface area (Å²) < 4.78 is 33.1. The molecular formula is C19H18N2O6S. The van der Waals surface area contributed by atoms with Gasteiger partial charge in [-0.2, -0.15) is 0 Å². The van der Waals surface area contributed by atoms with Gasteiger partial charge in [-0.25, -0.2) is 12.4 Å². The predicted octanol–water partition coefficient (Wildman–Crippen LogP) is 3.15. The summed E-state index contributed by atoms with van der Waals surface area (Å²) in [6.45, 7) is 3.46. The van der Waals surface area contributed by atoms with E-state index in [1.54, 1.807) is 26.0 Å². The van der Waals surface area contributed by atoms with Crippen LogP contribution in [0.5, 0.6) is 5.75 Å². The number of nitro groups is 1. The molecular weight excluding hydrogens is 384 g/mol. The number of nitrogens with zero attached hydrogens (tertiary/aromatic N) is 2. The zero-order valence-electron chi connectivity index (χ0n) is 15.5. The largest absolute Gasteiger partial charge is 0.496 e. The summed E-state index contributed by atoms with van der Waals surface area (Å²) in [7, 11) is -2.52. The standard InChI is InChI=1S/C19H18N2O6S/c1-12-13(2)20(17-8-9-18(27-3)16(10-11-22)19(12)17)28(25,26)15-6-4-14(5-7-15)21(23)24/h4-9,11H,10H2,1-3H3. The third-order valence-electron chi connectivity index (χ3n) is 4.78. The number of aryl methyl sites for hydroxylation is 1. The summed E-state index contributed by atoms with van der Waals surface area (Å²) in [5.41, 5.74) is 2.06. The molecule has 0 aliphatic rings. The van der Waals surface area contributed by atoms with Crippen LogP contribution in [0.2, 0.25) is 0 Å². The number of hydrogen-bond acceptors (Lipinski definition) is 6. The van der Waals surface area contributed by atoms with Gasteiger partial charge in [0.15, 0.2) is 0 Å². The summed E-state index contributed by atoms with van der Waals surface area (Å²) in [4.78, 5) is 21.3. The zero-order valence-corrected chi connectivity index (χ0v) is 16.3. The molecule has 1 aromatic heterocycles. The van der Waals surface area contributed by atoms with E-state index in [9.17, 15) is 23.3 Å². The lowest BCUT2D eigenvalue weighted by molar-refractivity contribution is -0.384. The fourth-order valence-electron chi connectivity index (χ4n) is 3.35. The topological polar surface area (TPSA) is 109 Å². The molecule has 2 aromatic carbocycles. The molecule has 0 bridgehead atoms. The highest BCUT2D eigenvalue weighted by Gasteiger charge is 2.26. The monoisotopic (exact) mass is 402 g/mol.